The molecule has 0 saturated carbocycles. The molecule has 0 saturated heterocycles. The molecule has 0 fully saturated rings. The van der Waals surface area contributed by atoms with Crippen LogP contribution >= 0.6 is 0 Å². The highest BCUT2D eigenvalue weighted by molar-refractivity contribution is 5.68. The van der Waals surface area contributed by atoms with Gasteiger partial charge in [-0.3, -0.25) is 0 Å². The van der Waals surface area contributed by atoms with Crippen molar-refractivity contribution in [1.82, 2.24) is 5.32 Å². The highest BCUT2D eigenvalue weighted by atomic mass is 16.7. The Morgan fingerprint density at radius 2 is 2.07 bits per heavy atom. The first-order valence-corrected chi connectivity index (χ1v) is 4.56. The Morgan fingerprint density at radius 1 is 1.50 bits per heavy atom. The normalized spacial score (nSPS) is 13.5. The molecule has 0 aromatic heterocycles. The van der Waals surface area contributed by atoms with Gasteiger partial charge in [-0.15, -0.1) is 0 Å². The monoisotopic (exact) mass is 205 g/mol. The van der Waals surface area contributed by atoms with Crippen LogP contribution in [0.4, 0.5) is 4.79 Å². The number of amides is 1. The molecule has 0 spiro atoms. The molecule has 14 heavy (non-hydrogen) atoms. The maximum absolute atomic E-state index is 11.2. The third-order valence-electron chi connectivity index (χ3n) is 1.19. The molecule has 0 aliphatic carbocycles. The van der Waals surface area contributed by atoms with E-state index in [1.54, 1.807) is 6.92 Å². The first kappa shape index (κ1) is 13.2. The van der Waals surface area contributed by atoms with Crippen molar-refractivity contribution in [2.45, 2.75) is 39.5 Å². The Bertz CT molecular complexity index is 176. The summed E-state index contributed by atoms with van der Waals surface area (Å²) in [5, 5.41) is 11.1. The fourth-order valence-corrected chi connectivity index (χ4v) is 0.739. The first-order valence-electron chi connectivity index (χ1n) is 4.56. The zero-order chi connectivity index (χ0) is 11.2. The Kier molecular flexibility index (Phi) is 5.49. The van der Waals surface area contributed by atoms with Gasteiger partial charge in [-0.25, -0.2) is 4.79 Å². The predicted molar refractivity (Wildman–Crippen MR) is 51.9 cm³/mol. The molecule has 1 amide bonds. The van der Waals surface area contributed by atoms with E-state index < -0.39 is 12.4 Å². The smallest absolute Gasteiger partial charge is 0.409 e. The molecule has 84 valence electrons. The van der Waals surface area contributed by atoms with Gasteiger partial charge in [0, 0.05) is 5.54 Å². The van der Waals surface area contributed by atoms with Crippen molar-refractivity contribution in [3.8, 4) is 0 Å². The Labute approximate surface area is 84.4 Å². The Morgan fingerprint density at radius 3 is 2.50 bits per heavy atom. The Balaban J connectivity index is 3.71. The van der Waals surface area contributed by atoms with Crippen molar-refractivity contribution in [3.05, 3.63) is 0 Å². The van der Waals surface area contributed by atoms with Crippen LogP contribution in [0.1, 0.15) is 27.7 Å². The van der Waals surface area contributed by atoms with Gasteiger partial charge < -0.3 is 19.9 Å². The quantitative estimate of drug-likeness (QED) is 0.668. The van der Waals surface area contributed by atoms with E-state index in [9.17, 15) is 4.79 Å². The van der Waals surface area contributed by atoms with Gasteiger partial charge in [0.2, 0.25) is 6.29 Å². The maximum Gasteiger partial charge on any atom is 0.409 e. The average Bonchev–Trinajstić information content (AvgIpc) is 1.96. The second kappa shape index (κ2) is 5.82. The van der Waals surface area contributed by atoms with E-state index in [0.29, 0.717) is 0 Å². The van der Waals surface area contributed by atoms with Crippen LogP contribution in [0.15, 0.2) is 0 Å². The molecule has 0 rings (SSSR count). The van der Waals surface area contributed by atoms with Gasteiger partial charge >= 0.3 is 6.09 Å². The molecule has 0 heterocycles. The van der Waals surface area contributed by atoms with Gasteiger partial charge in [-0.1, -0.05) is 0 Å². The summed E-state index contributed by atoms with van der Waals surface area (Å²) in [4.78, 5) is 11.2. The highest BCUT2D eigenvalue weighted by Gasteiger charge is 2.16. The van der Waals surface area contributed by atoms with Gasteiger partial charge in [-0.2, -0.15) is 0 Å². The number of hydrogen-bond donors (Lipinski definition) is 2. The summed E-state index contributed by atoms with van der Waals surface area (Å²) in [6.45, 7) is 7.23. The fourth-order valence-electron chi connectivity index (χ4n) is 0.739. The van der Waals surface area contributed by atoms with Crippen molar-refractivity contribution in [2.24, 2.45) is 0 Å². The number of ether oxygens (including phenoxy) is 2. The number of nitrogens with one attached hydrogen (secondary N) is 1. The summed E-state index contributed by atoms with van der Waals surface area (Å²) >= 11 is 0. The van der Waals surface area contributed by atoms with E-state index in [-0.39, 0.29) is 18.8 Å². The van der Waals surface area contributed by atoms with Crippen molar-refractivity contribution in [1.29, 1.82) is 0 Å². The van der Waals surface area contributed by atoms with E-state index >= 15 is 0 Å². The Hall–Kier alpha value is -0.810. The minimum Gasteiger partial charge on any atom is -0.420 e. The van der Waals surface area contributed by atoms with Crippen LogP contribution in [0.5, 0.6) is 0 Å². The molecule has 0 aromatic rings. The number of aliphatic hydroxyl groups is 1. The van der Waals surface area contributed by atoms with Gasteiger partial charge in [0.05, 0.1) is 13.2 Å². The largest absolute Gasteiger partial charge is 0.420 e. The number of alkyl carbamates (subject to hydrolysis) is 1. The summed E-state index contributed by atoms with van der Waals surface area (Å²) in [7, 11) is 0. The summed E-state index contributed by atoms with van der Waals surface area (Å²) in [5.41, 5.74) is -0.326. The lowest BCUT2D eigenvalue weighted by atomic mass is 10.1. The first-order chi connectivity index (χ1) is 6.35. The van der Waals surface area contributed by atoms with Crippen molar-refractivity contribution in [3.63, 3.8) is 0 Å². The van der Waals surface area contributed by atoms with Crippen molar-refractivity contribution >= 4 is 6.09 Å². The molecular weight excluding hydrogens is 186 g/mol. The molecule has 5 heteroatoms. The lowest BCUT2D eigenvalue weighted by Gasteiger charge is -2.21. The van der Waals surface area contributed by atoms with Crippen LogP contribution in [-0.4, -0.2) is 36.2 Å². The third-order valence-corrected chi connectivity index (χ3v) is 1.19. The second-order valence-electron chi connectivity index (χ2n) is 3.94. The molecule has 1 unspecified atom stereocenters. The lowest BCUT2D eigenvalue weighted by Crippen LogP contribution is -2.42. The summed E-state index contributed by atoms with van der Waals surface area (Å²) in [5.74, 6) is 0. The number of aliphatic hydroxyl groups excluding tert-OH is 1. The summed E-state index contributed by atoms with van der Waals surface area (Å²) in [6.07, 6.45) is -1.17. The van der Waals surface area contributed by atoms with Crippen LogP contribution in [-0.2, 0) is 9.47 Å². The minimum absolute atomic E-state index is 0.0887. The molecule has 1 atom stereocenters. The van der Waals surface area contributed by atoms with Crippen molar-refractivity contribution < 1.29 is 19.4 Å². The number of carbonyl (C=O) groups excluding carboxylic acids is 1. The number of carbonyl (C=O) groups is 1. The summed E-state index contributed by atoms with van der Waals surface area (Å²) in [6, 6.07) is 0. The molecule has 5 nitrogen and oxygen atoms in total. The molecule has 2 N–H and O–H groups in total. The zero-order valence-electron chi connectivity index (χ0n) is 9.16. The minimum atomic E-state index is -0.649. The van der Waals surface area contributed by atoms with Gasteiger partial charge in [0.25, 0.3) is 0 Å². The van der Waals surface area contributed by atoms with Crippen LogP contribution in [0, 0.1) is 0 Å². The molecule has 0 radical (unpaired) electrons. The van der Waals surface area contributed by atoms with Crippen molar-refractivity contribution in [2.75, 3.05) is 13.2 Å². The topological polar surface area (TPSA) is 67.8 Å². The zero-order valence-corrected chi connectivity index (χ0v) is 9.16. The van der Waals surface area contributed by atoms with E-state index in [4.69, 9.17) is 14.6 Å². The van der Waals surface area contributed by atoms with Gasteiger partial charge in [-0.05, 0) is 27.7 Å². The van der Waals surface area contributed by atoms with Crippen LogP contribution in [0.25, 0.3) is 0 Å². The third kappa shape index (κ3) is 7.82. The molecular formula is C9H19NO4. The highest BCUT2D eigenvalue weighted by Crippen LogP contribution is 2.01. The number of hydrogen-bond acceptors (Lipinski definition) is 4. The van der Waals surface area contributed by atoms with Crippen LogP contribution in [0.3, 0.4) is 0 Å². The predicted octanol–water partition coefficient (Wildman–Crippen LogP) is 0.866. The SMILES string of the molecule is CC(OCCO)OC(=O)NC(C)(C)C. The maximum atomic E-state index is 11.2. The molecule has 0 aliphatic rings. The van der Waals surface area contributed by atoms with E-state index in [1.165, 1.54) is 0 Å². The molecule has 0 bridgehead atoms. The summed E-state index contributed by atoms with van der Waals surface area (Å²) < 4.78 is 9.79. The fraction of sp³-hybridized carbons (Fsp3) is 0.889. The standard InChI is InChI=1S/C9H19NO4/c1-7(13-6-5-11)14-8(12)10-9(2,3)4/h7,11H,5-6H2,1-4H3,(H,10,12). The van der Waals surface area contributed by atoms with E-state index in [0.717, 1.165) is 0 Å². The average molecular weight is 205 g/mol. The molecule has 0 aromatic carbocycles. The van der Waals surface area contributed by atoms with Gasteiger partial charge in [0.1, 0.15) is 0 Å². The molecule has 0 aliphatic heterocycles. The van der Waals surface area contributed by atoms with Gasteiger partial charge in [0.15, 0.2) is 0 Å². The lowest BCUT2D eigenvalue weighted by molar-refractivity contribution is -0.0994. The van der Waals surface area contributed by atoms with Crippen LogP contribution < -0.4 is 5.32 Å². The number of rotatable bonds is 4. The van der Waals surface area contributed by atoms with E-state index in [1.807, 2.05) is 20.8 Å². The van der Waals surface area contributed by atoms with E-state index in [2.05, 4.69) is 5.32 Å². The second-order valence-corrected chi connectivity index (χ2v) is 3.94. The van der Waals surface area contributed by atoms with Crippen LogP contribution in [0.2, 0.25) is 0 Å².